The zero-order valence-corrected chi connectivity index (χ0v) is 5.91. The fourth-order valence-corrected chi connectivity index (χ4v) is 0.577. The van der Waals surface area contributed by atoms with Gasteiger partial charge in [-0.2, -0.15) is 0 Å². The molecule has 48 valence electrons. The summed E-state index contributed by atoms with van der Waals surface area (Å²) in [6.07, 6.45) is 9.57. The second kappa shape index (κ2) is 7.12. The van der Waals surface area contributed by atoms with Crippen LogP contribution in [0.1, 0.15) is 32.6 Å². The van der Waals surface area contributed by atoms with Crippen molar-refractivity contribution in [3.05, 3.63) is 0 Å². The summed E-state index contributed by atoms with van der Waals surface area (Å²) in [6.45, 7) is 2.18. The first-order valence-electron chi connectivity index (χ1n) is 3.35. The molecule has 0 aromatic rings. The van der Waals surface area contributed by atoms with Gasteiger partial charge in [-0.1, -0.05) is 25.7 Å². The van der Waals surface area contributed by atoms with Crippen LogP contribution in [0, 0.1) is 24.2 Å². The maximum absolute atomic E-state index is 4.92. The van der Waals surface area contributed by atoms with Gasteiger partial charge in [0.1, 0.15) is 0 Å². The van der Waals surface area contributed by atoms with Crippen LogP contribution in [0.2, 0.25) is 0 Å². The first kappa shape index (κ1) is 8.12. The zero-order chi connectivity index (χ0) is 6.95. The summed E-state index contributed by atoms with van der Waals surface area (Å²) < 4.78 is 0. The Labute approximate surface area is 57.7 Å². The van der Waals surface area contributed by atoms with Crippen LogP contribution in [-0.2, 0) is 0 Å². The predicted octanol–water partition coefficient (Wildman–Crippen LogP) is 2.20. The topological polar surface area (TPSA) is 0 Å². The third kappa shape index (κ3) is 7.12. The second-order valence-corrected chi connectivity index (χ2v) is 1.90. The lowest BCUT2D eigenvalue weighted by Crippen LogP contribution is -1.69. The van der Waals surface area contributed by atoms with Crippen molar-refractivity contribution in [2.24, 2.45) is 0 Å². The molecule has 9 heavy (non-hydrogen) atoms. The average Bonchev–Trinajstić information content (AvgIpc) is 1.89. The predicted molar refractivity (Wildman–Crippen MR) is 40.8 cm³/mol. The van der Waals surface area contributed by atoms with Crippen molar-refractivity contribution in [1.29, 1.82) is 0 Å². The SMILES string of the molecule is C#CC#CCCCCC. The lowest BCUT2D eigenvalue weighted by Gasteiger charge is -1.86. The first-order valence-corrected chi connectivity index (χ1v) is 3.35. The summed E-state index contributed by atoms with van der Waals surface area (Å²) in [6, 6.07) is 0. The average molecular weight is 120 g/mol. The van der Waals surface area contributed by atoms with Gasteiger partial charge < -0.3 is 0 Å². The maximum Gasteiger partial charge on any atom is 0.00989 e. The van der Waals surface area contributed by atoms with Crippen LogP contribution < -0.4 is 0 Å². The second-order valence-electron chi connectivity index (χ2n) is 1.90. The molecule has 0 amide bonds. The lowest BCUT2D eigenvalue weighted by molar-refractivity contribution is 0.737. The van der Waals surface area contributed by atoms with E-state index in [0.29, 0.717) is 0 Å². The molecule has 0 unspecified atom stereocenters. The fraction of sp³-hybridized carbons (Fsp3) is 0.556. The number of terminal acetylenes is 1. The molecule has 0 atom stereocenters. The molecule has 0 spiro atoms. The molecule has 0 nitrogen and oxygen atoms in total. The minimum atomic E-state index is 0.956. The van der Waals surface area contributed by atoms with Crippen LogP contribution in [0.5, 0.6) is 0 Å². The Hall–Kier alpha value is -0.880. The van der Waals surface area contributed by atoms with E-state index < -0.39 is 0 Å². The van der Waals surface area contributed by atoms with Gasteiger partial charge in [-0.15, -0.1) is 6.42 Å². The van der Waals surface area contributed by atoms with E-state index in [-0.39, 0.29) is 0 Å². The highest BCUT2D eigenvalue weighted by Crippen LogP contribution is 1.96. The van der Waals surface area contributed by atoms with Gasteiger partial charge in [0.15, 0.2) is 0 Å². The molecule has 0 saturated heterocycles. The van der Waals surface area contributed by atoms with Gasteiger partial charge in [-0.3, -0.25) is 0 Å². The Morgan fingerprint density at radius 1 is 1.33 bits per heavy atom. The standard InChI is InChI=1S/C9H12/c1-3-5-7-9-8-6-4-2/h1H,4,6,8-9H2,2H3. The van der Waals surface area contributed by atoms with Crippen LogP contribution >= 0.6 is 0 Å². The molecule has 0 aromatic carbocycles. The molecule has 0 aromatic heterocycles. The highest BCUT2D eigenvalue weighted by molar-refractivity contribution is 5.21. The first-order chi connectivity index (χ1) is 4.41. The third-order valence-corrected chi connectivity index (χ3v) is 1.07. The molecular formula is C9H12. The van der Waals surface area contributed by atoms with Gasteiger partial charge in [-0.05, 0) is 18.3 Å². The van der Waals surface area contributed by atoms with E-state index in [9.17, 15) is 0 Å². The van der Waals surface area contributed by atoms with Crippen LogP contribution in [0.4, 0.5) is 0 Å². The minimum absolute atomic E-state index is 0.956. The highest BCUT2D eigenvalue weighted by Gasteiger charge is 1.78. The van der Waals surface area contributed by atoms with Gasteiger partial charge in [0.05, 0.1) is 0 Å². The van der Waals surface area contributed by atoms with Gasteiger partial charge in [0.2, 0.25) is 0 Å². The summed E-state index contributed by atoms with van der Waals surface area (Å²) in [4.78, 5) is 0. The van der Waals surface area contributed by atoms with Crippen LogP contribution in [0.15, 0.2) is 0 Å². The van der Waals surface area contributed by atoms with Crippen molar-refractivity contribution in [3.63, 3.8) is 0 Å². The fourth-order valence-electron chi connectivity index (χ4n) is 0.577. The van der Waals surface area contributed by atoms with E-state index in [4.69, 9.17) is 6.42 Å². The third-order valence-electron chi connectivity index (χ3n) is 1.07. The summed E-state index contributed by atoms with van der Waals surface area (Å²) in [5.41, 5.74) is 0. The van der Waals surface area contributed by atoms with Crippen molar-refractivity contribution in [3.8, 4) is 24.2 Å². The molecule has 0 fully saturated rings. The smallest absolute Gasteiger partial charge is 0.00989 e. The van der Waals surface area contributed by atoms with Crippen molar-refractivity contribution in [2.75, 3.05) is 0 Å². The summed E-state index contributed by atoms with van der Waals surface area (Å²) in [7, 11) is 0. The Bertz CT molecular complexity index is 138. The van der Waals surface area contributed by atoms with E-state index in [2.05, 4.69) is 24.7 Å². The Morgan fingerprint density at radius 2 is 2.11 bits per heavy atom. The van der Waals surface area contributed by atoms with Gasteiger partial charge in [0, 0.05) is 6.42 Å². The van der Waals surface area contributed by atoms with Gasteiger partial charge in [-0.25, -0.2) is 0 Å². The largest absolute Gasteiger partial charge is 0.106 e. The maximum atomic E-state index is 4.92. The van der Waals surface area contributed by atoms with Crippen molar-refractivity contribution < 1.29 is 0 Å². The zero-order valence-electron chi connectivity index (χ0n) is 5.91. The van der Waals surface area contributed by atoms with Crippen molar-refractivity contribution >= 4 is 0 Å². The van der Waals surface area contributed by atoms with E-state index in [1.54, 1.807) is 0 Å². The number of hydrogen-bond donors (Lipinski definition) is 0. The Kier molecular flexibility index (Phi) is 6.42. The molecule has 0 bridgehead atoms. The highest BCUT2D eigenvalue weighted by atomic mass is 13.8. The van der Waals surface area contributed by atoms with Crippen LogP contribution in [-0.4, -0.2) is 0 Å². The summed E-state index contributed by atoms with van der Waals surface area (Å²) in [5, 5.41) is 0. The molecule has 0 N–H and O–H groups in total. The van der Waals surface area contributed by atoms with Crippen molar-refractivity contribution in [1.82, 2.24) is 0 Å². The lowest BCUT2D eigenvalue weighted by atomic mass is 10.2. The Balaban J connectivity index is 3.02. The van der Waals surface area contributed by atoms with E-state index in [1.165, 1.54) is 19.3 Å². The molecular weight excluding hydrogens is 108 g/mol. The minimum Gasteiger partial charge on any atom is -0.106 e. The van der Waals surface area contributed by atoms with Crippen LogP contribution in [0.25, 0.3) is 0 Å². The molecule has 0 heteroatoms. The van der Waals surface area contributed by atoms with Crippen molar-refractivity contribution in [2.45, 2.75) is 32.6 Å². The van der Waals surface area contributed by atoms with E-state index >= 15 is 0 Å². The molecule has 0 radical (unpaired) electrons. The monoisotopic (exact) mass is 120 g/mol. The summed E-state index contributed by atoms with van der Waals surface area (Å²) >= 11 is 0. The van der Waals surface area contributed by atoms with Gasteiger partial charge >= 0.3 is 0 Å². The number of hydrogen-bond acceptors (Lipinski definition) is 0. The normalized spacial score (nSPS) is 7.11. The Morgan fingerprint density at radius 3 is 2.67 bits per heavy atom. The molecule has 0 heterocycles. The number of unbranched alkanes of at least 4 members (excludes halogenated alkanes) is 3. The molecule has 0 aliphatic rings. The molecule has 0 aliphatic heterocycles. The van der Waals surface area contributed by atoms with E-state index in [0.717, 1.165) is 6.42 Å². The quantitative estimate of drug-likeness (QED) is 0.395. The molecule has 0 saturated carbocycles. The summed E-state index contributed by atoms with van der Waals surface area (Å²) in [5.74, 6) is 7.75. The number of rotatable bonds is 3. The molecule has 0 aliphatic carbocycles. The molecule has 0 rings (SSSR count). The van der Waals surface area contributed by atoms with Gasteiger partial charge in [0.25, 0.3) is 0 Å². The van der Waals surface area contributed by atoms with E-state index in [1.807, 2.05) is 0 Å². The van der Waals surface area contributed by atoms with Crippen LogP contribution in [0.3, 0.4) is 0 Å².